The van der Waals surface area contributed by atoms with Crippen LogP contribution in [0.2, 0.25) is 0 Å². The lowest BCUT2D eigenvalue weighted by Crippen LogP contribution is -2.59. The normalized spacial score (nSPS) is 20.2. The highest BCUT2D eigenvalue weighted by Crippen LogP contribution is 2.22. The van der Waals surface area contributed by atoms with E-state index in [1.807, 2.05) is 0 Å². The zero-order chi connectivity index (χ0) is 47.1. The highest BCUT2D eigenvalue weighted by atomic mass is 16.7. The van der Waals surface area contributed by atoms with Gasteiger partial charge in [0.25, 0.3) is 0 Å². The van der Waals surface area contributed by atoms with Crippen LogP contribution in [0.4, 0.5) is 0 Å². The van der Waals surface area contributed by atoms with E-state index in [0.717, 1.165) is 70.6 Å². The van der Waals surface area contributed by atoms with E-state index < -0.39 is 43.4 Å². The van der Waals surface area contributed by atoms with Gasteiger partial charge in [0.1, 0.15) is 30.5 Å². The Hall–Kier alpha value is -2.89. The van der Waals surface area contributed by atoms with Crippen molar-refractivity contribution in [3.8, 4) is 0 Å². The number of carbonyl (C=O) groups is 1. The van der Waals surface area contributed by atoms with E-state index in [2.05, 4.69) is 111 Å². The molecule has 6 atom stereocenters. The van der Waals surface area contributed by atoms with Gasteiger partial charge in [-0.2, -0.15) is 0 Å². The Morgan fingerprint density at radius 1 is 0.508 bits per heavy atom. The highest BCUT2D eigenvalue weighted by molar-refractivity contribution is 5.69. The number of aliphatic hydroxyl groups is 4. The quantitative estimate of drug-likeness (QED) is 0.0268. The molecule has 0 saturated carbocycles. The summed E-state index contributed by atoms with van der Waals surface area (Å²) in [6.07, 6.45) is 57.3. The summed E-state index contributed by atoms with van der Waals surface area (Å²) in [6.45, 7) is 4.36. The fourth-order valence-corrected chi connectivity index (χ4v) is 7.24. The molecule has 0 spiro atoms. The molecule has 1 aliphatic rings. The summed E-state index contributed by atoms with van der Waals surface area (Å²) in [5, 5.41) is 40.2. The minimum atomic E-state index is -1.55. The first-order valence-corrected chi connectivity index (χ1v) is 25.8. The number of hydrogen-bond donors (Lipinski definition) is 4. The number of rotatable bonds is 43. The molecule has 1 heterocycles. The third-order valence-corrected chi connectivity index (χ3v) is 11.2. The van der Waals surface area contributed by atoms with Gasteiger partial charge >= 0.3 is 5.97 Å². The molecule has 1 rings (SSSR count). The molecule has 372 valence electrons. The lowest BCUT2D eigenvalue weighted by Gasteiger charge is -2.39. The minimum absolute atomic E-state index is 0.114. The van der Waals surface area contributed by atoms with Gasteiger partial charge in [-0.3, -0.25) is 4.79 Å². The van der Waals surface area contributed by atoms with Crippen LogP contribution in [0.15, 0.2) is 97.2 Å². The van der Waals surface area contributed by atoms with Crippen LogP contribution in [0, 0.1) is 0 Å². The molecule has 0 amide bonds. The van der Waals surface area contributed by atoms with Crippen molar-refractivity contribution >= 4 is 5.97 Å². The maximum atomic E-state index is 12.8. The van der Waals surface area contributed by atoms with Gasteiger partial charge in [0.15, 0.2) is 6.29 Å². The van der Waals surface area contributed by atoms with Gasteiger partial charge in [0, 0.05) is 13.0 Å². The van der Waals surface area contributed by atoms with Crippen LogP contribution in [0.5, 0.6) is 0 Å². The van der Waals surface area contributed by atoms with Gasteiger partial charge in [-0.1, -0.05) is 188 Å². The van der Waals surface area contributed by atoms with Crippen LogP contribution in [0.1, 0.15) is 187 Å². The molecule has 0 aliphatic carbocycles. The molecule has 1 aliphatic heterocycles. The Morgan fingerprint density at radius 3 is 1.43 bits per heavy atom. The molecule has 9 nitrogen and oxygen atoms in total. The van der Waals surface area contributed by atoms with E-state index in [4.69, 9.17) is 18.9 Å². The molecule has 1 fully saturated rings. The van der Waals surface area contributed by atoms with Crippen molar-refractivity contribution < 1.29 is 44.2 Å². The molecule has 0 radical (unpaired) electrons. The van der Waals surface area contributed by atoms with Crippen LogP contribution < -0.4 is 0 Å². The molecule has 4 N–H and O–H groups in total. The van der Waals surface area contributed by atoms with Crippen molar-refractivity contribution in [2.24, 2.45) is 0 Å². The van der Waals surface area contributed by atoms with Crippen molar-refractivity contribution in [1.82, 2.24) is 0 Å². The smallest absolute Gasteiger partial charge is 0.306 e. The predicted octanol–water partition coefficient (Wildman–Crippen LogP) is 12.8. The van der Waals surface area contributed by atoms with E-state index in [1.165, 1.54) is 89.9 Å². The van der Waals surface area contributed by atoms with Crippen molar-refractivity contribution in [3.05, 3.63) is 97.2 Å². The van der Waals surface area contributed by atoms with Gasteiger partial charge in [-0.05, 0) is 89.9 Å². The Kier molecular flexibility index (Phi) is 42.8. The molecule has 0 aromatic heterocycles. The van der Waals surface area contributed by atoms with Crippen LogP contribution in [0.3, 0.4) is 0 Å². The average molecular weight is 911 g/mol. The van der Waals surface area contributed by atoms with Crippen LogP contribution in [-0.2, 0) is 23.7 Å². The SMILES string of the molecule is CC/C=C\C/C=C\C/C=C\C/C=C\C/C=C\C/C=C\C/C=C\CCCC(=O)OC(COCCCCCCCCCC/C=C\CCCCCCCCC)COC1OC(CO)C(O)C(O)C1O. The number of unbranched alkanes of at least 4 members (excludes halogenated alkanes) is 16. The van der Waals surface area contributed by atoms with E-state index in [1.54, 1.807) is 0 Å². The van der Waals surface area contributed by atoms with E-state index in [9.17, 15) is 25.2 Å². The van der Waals surface area contributed by atoms with Gasteiger partial charge in [-0.25, -0.2) is 0 Å². The maximum absolute atomic E-state index is 12.8. The summed E-state index contributed by atoms with van der Waals surface area (Å²) in [6, 6.07) is 0. The molecule has 6 unspecified atom stereocenters. The van der Waals surface area contributed by atoms with Crippen LogP contribution in [-0.4, -0.2) is 89.6 Å². The standard InChI is InChI=1S/C56H94O9/c1-3-5-7-9-11-13-15-17-19-21-23-24-25-26-27-29-31-33-35-37-39-41-43-45-52(58)64-50(49-63-56-55(61)54(60)53(59)51(47-57)65-56)48-62-46-44-42-40-38-36-34-32-30-28-22-20-18-16-14-12-10-8-6-4-2/h5,7,11,13,17,19-20,22-24,26-27,31,33,37,39,50-51,53-57,59-61H,3-4,6,8-10,12,14-16,18,21,25,28-30,32,34-36,38,40-49H2,1-2H3/b7-5-,13-11-,19-17-,22-20-,24-23-,27-26-,33-31-,39-37-. The topological polar surface area (TPSA) is 135 Å². The Bertz CT molecular complexity index is 1310. The fraction of sp³-hybridized carbons (Fsp3) is 0.696. The molecular formula is C56H94O9. The lowest BCUT2D eigenvalue weighted by atomic mass is 9.99. The number of hydrogen-bond acceptors (Lipinski definition) is 9. The van der Waals surface area contributed by atoms with E-state index in [0.29, 0.717) is 13.0 Å². The summed E-state index contributed by atoms with van der Waals surface area (Å²) in [5.74, 6) is -0.374. The molecule has 0 aromatic carbocycles. The van der Waals surface area contributed by atoms with Gasteiger partial charge < -0.3 is 39.4 Å². The molecule has 1 saturated heterocycles. The van der Waals surface area contributed by atoms with Gasteiger partial charge in [0.05, 0.1) is 19.8 Å². The number of allylic oxidation sites excluding steroid dienone is 16. The van der Waals surface area contributed by atoms with Crippen LogP contribution in [0.25, 0.3) is 0 Å². The summed E-state index contributed by atoms with van der Waals surface area (Å²) < 4.78 is 22.8. The zero-order valence-electron chi connectivity index (χ0n) is 41.0. The van der Waals surface area contributed by atoms with Crippen molar-refractivity contribution in [1.29, 1.82) is 0 Å². The van der Waals surface area contributed by atoms with Gasteiger partial charge in [-0.15, -0.1) is 0 Å². The summed E-state index contributed by atoms with van der Waals surface area (Å²) in [5.41, 5.74) is 0. The molecule has 65 heavy (non-hydrogen) atoms. The third-order valence-electron chi connectivity index (χ3n) is 11.2. The van der Waals surface area contributed by atoms with Crippen molar-refractivity contribution in [2.45, 2.75) is 224 Å². The second kappa shape index (κ2) is 46.2. The fourth-order valence-electron chi connectivity index (χ4n) is 7.24. The van der Waals surface area contributed by atoms with Crippen molar-refractivity contribution in [3.63, 3.8) is 0 Å². The zero-order valence-corrected chi connectivity index (χ0v) is 41.0. The molecule has 9 heteroatoms. The number of aliphatic hydroxyl groups excluding tert-OH is 4. The van der Waals surface area contributed by atoms with Crippen molar-refractivity contribution in [2.75, 3.05) is 26.4 Å². The molecular weight excluding hydrogens is 817 g/mol. The highest BCUT2D eigenvalue weighted by Gasteiger charge is 2.44. The summed E-state index contributed by atoms with van der Waals surface area (Å²) in [7, 11) is 0. The number of esters is 1. The Balaban J connectivity index is 2.28. The van der Waals surface area contributed by atoms with E-state index in [-0.39, 0.29) is 25.6 Å². The largest absolute Gasteiger partial charge is 0.457 e. The second-order valence-electron chi connectivity index (χ2n) is 17.2. The lowest BCUT2D eigenvalue weighted by molar-refractivity contribution is -0.305. The van der Waals surface area contributed by atoms with E-state index >= 15 is 0 Å². The Morgan fingerprint density at radius 2 is 0.938 bits per heavy atom. The summed E-state index contributed by atoms with van der Waals surface area (Å²) >= 11 is 0. The number of ether oxygens (including phenoxy) is 4. The molecule has 0 bridgehead atoms. The summed E-state index contributed by atoms with van der Waals surface area (Å²) in [4.78, 5) is 12.8. The van der Waals surface area contributed by atoms with Crippen LogP contribution >= 0.6 is 0 Å². The maximum Gasteiger partial charge on any atom is 0.306 e. The third kappa shape index (κ3) is 36.9. The van der Waals surface area contributed by atoms with Gasteiger partial charge in [0.2, 0.25) is 0 Å². The molecule has 0 aromatic rings. The first kappa shape index (κ1) is 60.1. The first-order valence-electron chi connectivity index (χ1n) is 25.8. The number of carbonyl (C=O) groups excluding carboxylic acids is 1. The minimum Gasteiger partial charge on any atom is -0.457 e. The first-order chi connectivity index (χ1) is 31.9. The Labute approximate surface area is 396 Å². The second-order valence-corrected chi connectivity index (χ2v) is 17.2. The average Bonchev–Trinajstić information content (AvgIpc) is 3.31. The monoisotopic (exact) mass is 911 g/mol. The predicted molar refractivity (Wildman–Crippen MR) is 270 cm³/mol.